The van der Waals surface area contributed by atoms with E-state index in [1.165, 1.54) is 0 Å². The number of nitrogens with one attached hydrogen (secondary N) is 1. The number of rotatable bonds is 4. The summed E-state index contributed by atoms with van der Waals surface area (Å²) >= 11 is 0. The van der Waals surface area contributed by atoms with Gasteiger partial charge in [0.2, 0.25) is 5.91 Å². The molecule has 6 heteroatoms. The van der Waals surface area contributed by atoms with Crippen molar-refractivity contribution >= 4 is 11.6 Å². The second kappa shape index (κ2) is 7.70. The van der Waals surface area contributed by atoms with Gasteiger partial charge in [0.05, 0.1) is 30.9 Å². The van der Waals surface area contributed by atoms with E-state index in [1.54, 1.807) is 0 Å². The molecule has 25 heavy (non-hydrogen) atoms. The summed E-state index contributed by atoms with van der Waals surface area (Å²) in [6.07, 6.45) is 4.65. The van der Waals surface area contributed by atoms with Gasteiger partial charge in [-0.2, -0.15) is 0 Å². The summed E-state index contributed by atoms with van der Waals surface area (Å²) in [5.41, 5.74) is 1.94. The molecule has 0 spiro atoms. The zero-order valence-electron chi connectivity index (χ0n) is 15.3. The highest BCUT2D eigenvalue weighted by atomic mass is 16.5. The van der Waals surface area contributed by atoms with Gasteiger partial charge in [-0.25, -0.2) is 0 Å². The second-order valence-electron chi connectivity index (χ2n) is 7.33. The molecule has 1 aromatic heterocycles. The smallest absolute Gasteiger partial charge is 0.225 e. The summed E-state index contributed by atoms with van der Waals surface area (Å²) in [6.45, 7) is 3.53. The van der Waals surface area contributed by atoms with Crippen molar-refractivity contribution in [2.45, 2.75) is 57.2 Å². The van der Waals surface area contributed by atoms with E-state index in [0.29, 0.717) is 19.7 Å². The van der Waals surface area contributed by atoms with Crippen LogP contribution in [0.25, 0.3) is 0 Å². The number of pyridine rings is 1. The molecule has 2 aliphatic rings. The Bertz CT molecular complexity index is 614. The fourth-order valence-corrected chi connectivity index (χ4v) is 3.84. The molecule has 1 saturated carbocycles. The van der Waals surface area contributed by atoms with Gasteiger partial charge in [0, 0.05) is 25.0 Å². The van der Waals surface area contributed by atoms with Crippen LogP contribution in [0.15, 0.2) is 12.1 Å². The summed E-state index contributed by atoms with van der Waals surface area (Å²) in [7, 11) is 1.88. The van der Waals surface area contributed by atoms with Crippen LogP contribution in [-0.4, -0.2) is 53.2 Å². The quantitative estimate of drug-likeness (QED) is 0.875. The van der Waals surface area contributed by atoms with Gasteiger partial charge in [-0.05, 0) is 31.9 Å². The molecule has 1 aliphatic carbocycles. The van der Waals surface area contributed by atoms with Crippen LogP contribution in [-0.2, 0) is 9.53 Å². The van der Waals surface area contributed by atoms with Crippen molar-refractivity contribution in [3.8, 4) is 0 Å². The Morgan fingerprint density at radius 2 is 2.16 bits per heavy atom. The zero-order chi connectivity index (χ0) is 17.9. The molecule has 1 aliphatic heterocycles. The van der Waals surface area contributed by atoms with Crippen molar-refractivity contribution < 1.29 is 14.6 Å². The molecule has 1 unspecified atom stereocenters. The normalized spacial score (nSPS) is 23.3. The molecule has 6 nitrogen and oxygen atoms in total. The minimum atomic E-state index is -0.815. The number of carbonyl (C=O) groups excluding carboxylic acids is 1. The molecule has 2 N–H and O–H groups in total. The number of morpholine rings is 1. The Morgan fingerprint density at radius 3 is 2.88 bits per heavy atom. The lowest BCUT2D eigenvalue weighted by molar-refractivity contribution is -0.145. The van der Waals surface area contributed by atoms with E-state index in [-0.39, 0.29) is 18.4 Å². The Hall–Kier alpha value is -1.66. The van der Waals surface area contributed by atoms with Gasteiger partial charge in [0.25, 0.3) is 0 Å². The number of anilines is 1. The predicted molar refractivity (Wildman–Crippen MR) is 96.4 cm³/mol. The Kier molecular flexibility index (Phi) is 5.59. The third-order valence-electron chi connectivity index (χ3n) is 5.28. The minimum Gasteiger partial charge on any atom is -0.389 e. The first-order chi connectivity index (χ1) is 12.0. The fourth-order valence-electron chi connectivity index (χ4n) is 3.84. The van der Waals surface area contributed by atoms with Gasteiger partial charge in [0.1, 0.15) is 6.10 Å². The van der Waals surface area contributed by atoms with Crippen molar-refractivity contribution in [1.82, 2.24) is 9.88 Å². The van der Waals surface area contributed by atoms with Crippen LogP contribution in [0, 0.1) is 6.92 Å². The van der Waals surface area contributed by atoms with Gasteiger partial charge in [-0.15, -0.1) is 0 Å². The van der Waals surface area contributed by atoms with E-state index in [4.69, 9.17) is 4.74 Å². The minimum absolute atomic E-state index is 0.0270. The van der Waals surface area contributed by atoms with E-state index < -0.39 is 5.60 Å². The van der Waals surface area contributed by atoms with E-state index in [2.05, 4.69) is 10.3 Å². The van der Waals surface area contributed by atoms with Crippen molar-refractivity contribution in [2.24, 2.45) is 0 Å². The largest absolute Gasteiger partial charge is 0.389 e. The number of ether oxygens (including phenoxy) is 1. The molecule has 1 saturated heterocycles. The SMILES string of the molecule is CNc1cc(C)nc(C2CN(C(=O)CC3(O)CCCCC3)CCO2)c1. The lowest BCUT2D eigenvalue weighted by Gasteiger charge is -2.37. The molecular weight excluding hydrogens is 318 g/mol. The van der Waals surface area contributed by atoms with Gasteiger partial charge in [0.15, 0.2) is 0 Å². The number of carbonyl (C=O) groups is 1. The topological polar surface area (TPSA) is 74.7 Å². The van der Waals surface area contributed by atoms with Crippen LogP contribution >= 0.6 is 0 Å². The average Bonchev–Trinajstić information content (AvgIpc) is 2.61. The van der Waals surface area contributed by atoms with Crippen molar-refractivity contribution in [1.29, 1.82) is 0 Å². The lowest BCUT2D eigenvalue weighted by Crippen LogP contribution is -2.46. The van der Waals surface area contributed by atoms with Crippen LogP contribution in [0.4, 0.5) is 5.69 Å². The monoisotopic (exact) mass is 347 g/mol. The Balaban J connectivity index is 1.66. The highest BCUT2D eigenvalue weighted by Gasteiger charge is 2.35. The third kappa shape index (κ3) is 4.50. The van der Waals surface area contributed by atoms with E-state index >= 15 is 0 Å². The maximum Gasteiger partial charge on any atom is 0.225 e. The predicted octanol–water partition coefficient (Wildman–Crippen LogP) is 2.42. The first-order valence-electron chi connectivity index (χ1n) is 9.27. The van der Waals surface area contributed by atoms with Crippen LogP contribution < -0.4 is 5.32 Å². The maximum atomic E-state index is 12.7. The second-order valence-corrected chi connectivity index (χ2v) is 7.33. The van der Waals surface area contributed by atoms with Gasteiger partial charge >= 0.3 is 0 Å². The highest BCUT2D eigenvalue weighted by Crippen LogP contribution is 2.32. The zero-order valence-corrected chi connectivity index (χ0v) is 15.3. The molecular formula is C19H29N3O3. The standard InChI is InChI=1S/C19H29N3O3/c1-14-10-15(20-2)11-16(21-14)17-13-22(8-9-25-17)18(23)12-19(24)6-4-3-5-7-19/h10-11,17,24H,3-9,12-13H2,1-2H3,(H,20,21). The van der Waals surface area contributed by atoms with Gasteiger partial charge in [-0.1, -0.05) is 19.3 Å². The number of hydrogen-bond acceptors (Lipinski definition) is 5. The van der Waals surface area contributed by atoms with Crippen molar-refractivity contribution in [2.75, 3.05) is 32.1 Å². The molecule has 0 radical (unpaired) electrons. The number of amides is 1. The fraction of sp³-hybridized carbons (Fsp3) is 0.684. The molecule has 2 fully saturated rings. The number of aryl methyl sites for hydroxylation is 1. The third-order valence-corrected chi connectivity index (χ3v) is 5.28. The lowest BCUT2D eigenvalue weighted by atomic mass is 9.82. The van der Waals surface area contributed by atoms with Crippen LogP contribution in [0.1, 0.15) is 56.0 Å². The molecule has 1 aromatic rings. The summed E-state index contributed by atoms with van der Waals surface area (Å²) in [6, 6.07) is 3.95. The van der Waals surface area contributed by atoms with Crippen molar-refractivity contribution in [3.05, 3.63) is 23.5 Å². The average molecular weight is 347 g/mol. The molecule has 3 rings (SSSR count). The summed E-state index contributed by atoms with van der Waals surface area (Å²) < 4.78 is 5.87. The Morgan fingerprint density at radius 1 is 1.40 bits per heavy atom. The highest BCUT2D eigenvalue weighted by molar-refractivity contribution is 5.77. The maximum absolute atomic E-state index is 12.7. The Labute approximate surface area is 149 Å². The molecule has 0 bridgehead atoms. The van der Waals surface area contributed by atoms with Gasteiger partial charge < -0.3 is 20.1 Å². The van der Waals surface area contributed by atoms with Crippen LogP contribution in [0.5, 0.6) is 0 Å². The van der Waals surface area contributed by atoms with E-state index in [0.717, 1.165) is 49.2 Å². The van der Waals surface area contributed by atoms with Crippen LogP contribution in [0.3, 0.4) is 0 Å². The van der Waals surface area contributed by atoms with Crippen molar-refractivity contribution in [3.63, 3.8) is 0 Å². The molecule has 1 amide bonds. The molecule has 2 heterocycles. The molecule has 138 valence electrons. The van der Waals surface area contributed by atoms with E-state index in [9.17, 15) is 9.90 Å². The number of nitrogens with zero attached hydrogens (tertiary/aromatic N) is 2. The molecule has 0 aromatic carbocycles. The first-order valence-corrected chi connectivity index (χ1v) is 9.27. The first kappa shape index (κ1) is 18.1. The molecule has 1 atom stereocenters. The number of hydrogen-bond donors (Lipinski definition) is 2. The number of aromatic nitrogens is 1. The van der Waals surface area contributed by atoms with E-state index in [1.807, 2.05) is 31.0 Å². The van der Waals surface area contributed by atoms with Crippen LogP contribution in [0.2, 0.25) is 0 Å². The summed E-state index contributed by atoms with van der Waals surface area (Å²) in [5, 5.41) is 13.8. The number of aliphatic hydroxyl groups is 1. The summed E-state index contributed by atoms with van der Waals surface area (Å²) in [4.78, 5) is 19.1. The summed E-state index contributed by atoms with van der Waals surface area (Å²) in [5.74, 6) is 0.0270. The van der Waals surface area contributed by atoms with Gasteiger partial charge in [-0.3, -0.25) is 9.78 Å².